The van der Waals surface area contributed by atoms with Gasteiger partial charge in [-0.25, -0.2) is 0 Å². The SMILES string of the molecule is Cc1cc([N+](=O)[O-])ccc1OCC(=O)N1CCC(=O)CC1. The van der Waals surface area contributed by atoms with Crippen LogP contribution in [0.25, 0.3) is 0 Å². The fourth-order valence-corrected chi connectivity index (χ4v) is 2.15. The highest BCUT2D eigenvalue weighted by molar-refractivity contribution is 5.84. The number of nitrogens with zero attached hydrogens (tertiary/aromatic N) is 2. The van der Waals surface area contributed by atoms with Gasteiger partial charge < -0.3 is 9.64 Å². The van der Waals surface area contributed by atoms with Crippen molar-refractivity contribution >= 4 is 17.4 Å². The number of hydrogen-bond donors (Lipinski definition) is 0. The standard InChI is InChI=1S/C14H16N2O5/c1-10-8-11(16(19)20)2-3-13(10)21-9-14(18)15-6-4-12(17)5-7-15/h2-3,8H,4-7,9H2,1H3. The summed E-state index contributed by atoms with van der Waals surface area (Å²) in [6, 6.07) is 4.23. The Morgan fingerprint density at radius 1 is 1.38 bits per heavy atom. The number of ketones is 1. The molecule has 2 rings (SSSR count). The first kappa shape index (κ1) is 15.0. The molecular weight excluding hydrogens is 276 g/mol. The molecule has 1 saturated heterocycles. The second-order valence-electron chi connectivity index (χ2n) is 4.92. The molecule has 1 heterocycles. The van der Waals surface area contributed by atoms with E-state index in [2.05, 4.69) is 0 Å². The number of rotatable bonds is 4. The van der Waals surface area contributed by atoms with E-state index >= 15 is 0 Å². The summed E-state index contributed by atoms with van der Waals surface area (Å²) in [5, 5.41) is 10.6. The molecule has 0 aromatic heterocycles. The molecule has 0 radical (unpaired) electrons. The Bertz CT molecular complexity index is 575. The van der Waals surface area contributed by atoms with Crippen LogP contribution < -0.4 is 4.74 Å². The molecular formula is C14H16N2O5. The molecule has 1 aromatic carbocycles. The van der Waals surface area contributed by atoms with Gasteiger partial charge in [0.2, 0.25) is 0 Å². The predicted octanol–water partition coefficient (Wildman–Crippen LogP) is 1.47. The van der Waals surface area contributed by atoms with Crippen LogP contribution in [0.5, 0.6) is 5.75 Å². The first-order valence-electron chi connectivity index (χ1n) is 6.64. The maximum atomic E-state index is 11.9. The summed E-state index contributed by atoms with van der Waals surface area (Å²) >= 11 is 0. The summed E-state index contributed by atoms with van der Waals surface area (Å²) in [6.07, 6.45) is 0.782. The summed E-state index contributed by atoms with van der Waals surface area (Å²) < 4.78 is 5.41. The minimum atomic E-state index is -0.479. The first-order valence-corrected chi connectivity index (χ1v) is 6.64. The van der Waals surface area contributed by atoms with E-state index in [0.717, 1.165) is 0 Å². The minimum Gasteiger partial charge on any atom is -0.483 e. The third-order valence-electron chi connectivity index (χ3n) is 3.39. The van der Waals surface area contributed by atoms with Crippen LogP contribution in [-0.2, 0) is 9.59 Å². The van der Waals surface area contributed by atoms with Gasteiger partial charge in [-0.15, -0.1) is 0 Å². The Morgan fingerprint density at radius 2 is 2.05 bits per heavy atom. The van der Waals surface area contributed by atoms with E-state index in [0.29, 0.717) is 37.2 Å². The zero-order valence-corrected chi connectivity index (χ0v) is 11.7. The molecule has 1 aliphatic heterocycles. The molecule has 0 aliphatic carbocycles. The normalized spacial score (nSPS) is 14.9. The van der Waals surface area contributed by atoms with Crippen LogP contribution in [0.3, 0.4) is 0 Å². The van der Waals surface area contributed by atoms with Crippen LogP contribution in [0.4, 0.5) is 5.69 Å². The number of carbonyl (C=O) groups is 2. The molecule has 0 atom stereocenters. The number of benzene rings is 1. The van der Waals surface area contributed by atoms with Gasteiger partial charge in [-0.2, -0.15) is 0 Å². The molecule has 1 aromatic rings. The molecule has 7 heteroatoms. The van der Waals surface area contributed by atoms with Crippen LogP contribution in [-0.4, -0.2) is 41.2 Å². The molecule has 7 nitrogen and oxygen atoms in total. The summed E-state index contributed by atoms with van der Waals surface area (Å²) in [4.78, 5) is 34.8. The largest absolute Gasteiger partial charge is 0.483 e. The van der Waals surface area contributed by atoms with E-state index in [1.165, 1.54) is 18.2 Å². The molecule has 1 fully saturated rings. The number of Topliss-reactive ketones (excluding diaryl/α,β-unsaturated/α-hetero) is 1. The van der Waals surface area contributed by atoms with Crippen molar-refractivity contribution in [3.8, 4) is 5.75 Å². The average molecular weight is 292 g/mol. The number of aryl methyl sites for hydroxylation is 1. The van der Waals surface area contributed by atoms with Gasteiger partial charge in [0.05, 0.1) is 4.92 Å². The number of nitro benzene ring substituents is 1. The smallest absolute Gasteiger partial charge is 0.269 e. The molecule has 0 spiro atoms. The number of piperidine rings is 1. The molecule has 0 unspecified atom stereocenters. The predicted molar refractivity (Wildman–Crippen MR) is 74.1 cm³/mol. The summed E-state index contributed by atoms with van der Waals surface area (Å²) in [5.41, 5.74) is 0.589. The number of carbonyl (C=O) groups excluding carboxylic acids is 2. The second kappa shape index (κ2) is 6.34. The monoisotopic (exact) mass is 292 g/mol. The average Bonchev–Trinajstić information content (AvgIpc) is 2.46. The van der Waals surface area contributed by atoms with E-state index in [4.69, 9.17) is 4.74 Å². The number of amides is 1. The van der Waals surface area contributed by atoms with Crippen molar-refractivity contribution < 1.29 is 19.2 Å². The lowest BCUT2D eigenvalue weighted by Crippen LogP contribution is -2.41. The maximum Gasteiger partial charge on any atom is 0.269 e. The maximum absolute atomic E-state index is 11.9. The fourth-order valence-electron chi connectivity index (χ4n) is 2.15. The van der Waals surface area contributed by atoms with Crippen LogP contribution in [0, 0.1) is 17.0 Å². The van der Waals surface area contributed by atoms with E-state index < -0.39 is 4.92 Å². The quantitative estimate of drug-likeness (QED) is 0.619. The minimum absolute atomic E-state index is 0.0132. The Balaban J connectivity index is 1.92. The number of hydrogen-bond acceptors (Lipinski definition) is 5. The lowest BCUT2D eigenvalue weighted by atomic mass is 10.1. The Hall–Kier alpha value is -2.44. The van der Waals surface area contributed by atoms with Gasteiger partial charge >= 0.3 is 0 Å². The van der Waals surface area contributed by atoms with Crippen LogP contribution in [0.15, 0.2) is 18.2 Å². The van der Waals surface area contributed by atoms with E-state index in [9.17, 15) is 19.7 Å². The van der Waals surface area contributed by atoms with Gasteiger partial charge in [0, 0.05) is 38.1 Å². The molecule has 0 bridgehead atoms. The van der Waals surface area contributed by atoms with Crippen molar-refractivity contribution in [2.45, 2.75) is 19.8 Å². The van der Waals surface area contributed by atoms with Gasteiger partial charge in [0.15, 0.2) is 6.61 Å². The van der Waals surface area contributed by atoms with Crippen LogP contribution >= 0.6 is 0 Å². The highest BCUT2D eigenvalue weighted by Crippen LogP contribution is 2.23. The van der Waals surface area contributed by atoms with Crippen molar-refractivity contribution in [1.82, 2.24) is 4.90 Å². The number of ether oxygens (including phenoxy) is 1. The topological polar surface area (TPSA) is 89.8 Å². The molecule has 112 valence electrons. The molecule has 1 aliphatic rings. The van der Waals surface area contributed by atoms with E-state index in [-0.39, 0.29) is 24.0 Å². The Labute approximate surface area is 121 Å². The Kier molecular flexibility index (Phi) is 4.52. The van der Waals surface area contributed by atoms with E-state index in [1.54, 1.807) is 11.8 Å². The van der Waals surface area contributed by atoms with Gasteiger partial charge in [0.1, 0.15) is 11.5 Å². The number of non-ortho nitro benzene ring substituents is 1. The van der Waals surface area contributed by atoms with Crippen LogP contribution in [0.2, 0.25) is 0 Å². The van der Waals surface area contributed by atoms with Crippen molar-refractivity contribution in [1.29, 1.82) is 0 Å². The van der Waals surface area contributed by atoms with Crippen molar-refractivity contribution in [3.05, 3.63) is 33.9 Å². The molecule has 1 amide bonds. The van der Waals surface area contributed by atoms with Gasteiger partial charge in [-0.05, 0) is 18.6 Å². The van der Waals surface area contributed by atoms with Gasteiger partial charge in [-0.1, -0.05) is 0 Å². The summed E-state index contributed by atoms with van der Waals surface area (Å²) in [5.74, 6) is 0.438. The lowest BCUT2D eigenvalue weighted by molar-refractivity contribution is -0.384. The fraction of sp³-hybridized carbons (Fsp3) is 0.429. The molecule has 21 heavy (non-hydrogen) atoms. The van der Waals surface area contributed by atoms with Crippen molar-refractivity contribution in [2.24, 2.45) is 0 Å². The van der Waals surface area contributed by atoms with E-state index in [1.807, 2.05) is 0 Å². The third-order valence-corrected chi connectivity index (χ3v) is 3.39. The Morgan fingerprint density at radius 3 is 2.62 bits per heavy atom. The second-order valence-corrected chi connectivity index (χ2v) is 4.92. The zero-order chi connectivity index (χ0) is 15.4. The molecule has 0 N–H and O–H groups in total. The lowest BCUT2D eigenvalue weighted by Gasteiger charge is -2.26. The highest BCUT2D eigenvalue weighted by Gasteiger charge is 2.21. The van der Waals surface area contributed by atoms with Crippen molar-refractivity contribution in [2.75, 3.05) is 19.7 Å². The highest BCUT2D eigenvalue weighted by atomic mass is 16.6. The van der Waals surface area contributed by atoms with Gasteiger partial charge in [0.25, 0.3) is 11.6 Å². The summed E-state index contributed by atoms with van der Waals surface area (Å²) in [7, 11) is 0. The third kappa shape index (κ3) is 3.77. The zero-order valence-electron chi connectivity index (χ0n) is 11.7. The van der Waals surface area contributed by atoms with Gasteiger partial charge in [-0.3, -0.25) is 19.7 Å². The number of likely N-dealkylation sites (tertiary alicyclic amines) is 1. The van der Waals surface area contributed by atoms with Crippen LogP contribution in [0.1, 0.15) is 18.4 Å². The number of nitro groups is 1. The van der Waals surface area contributed by atoms with Crippen molar-refractivity contribution in [3.63, 3.8) is 0 Å². The first-order chi connectivity index (χ1) is 9.97. The summed E-state index contributed by atoms with van der Waals surface area (Å²) in [6.45, 7) is 2.42. The molecule has 0 saturated carbocycles.